The number of aromatic hydroxyl groups is 1. The third-order valence-electron chi connectivity index (χ3n) is 8.84. The fourth-order valence-corrected chi connectivity index (χ4v) is 6.76. The zero-order valence-electron chi connectivity index (χ0n) is 22.6. The van der Waals surface area contributed by atoms with Gasteiger partial charge in [-0.05, 0) is 48.7 Å². The van der Waals surface area contributed by atoms with Gasteiger partial charge in [0.2, 0.25) is 0 Å². The Hall–Kier alpha value is -3.77. The molecule has 3 aliphatic heterocycles. The smallest absolute Gasteiger partial charge is 0.319 e. The molecule has 0 spiro atoms. The fourth-order valence-electron chi connectivity index (χ4n) is 6.76. The zero-order valence-corrected chi connectivity index (χ0v) is 22.6. The van der Waals surface area contributed by atoms with E-state index in [-0.39, 0.29) is 53.7 Å². The minimum Gasteiger partial charge on any atom is -0.508 e. The quantitative estimate of drug-likeness (QED) is 0.322. The first-order chi connectivity index (χ1) is 20.1. The average molecular weight is 584 g/mol. The Morgan fingerprint density at radius 1 is 1.10 bits per heavy atom. The topological polar surface area (TPSA) is 94.8 Å². The maximum Gasteiger partial charge on any atom is 0.319 e. The van der Waals surface area contributed by atoms with Gasteiger partial charge >= 0.3 is 6.01 Å². The largest absolute Gasteiger partial charge is 0.508 e. The van der Waals surface area contributed by atoms with Crippen LogP contribution in [0.3, 0.4) is 0 Å². The number of rotatable bonds is 5. The van der Waals surface area contributed by atoms with Gasteiger partial charge < -0.3 is 19.8 Å². The predicted octanol–water partition coefficient (Wildman–Crippen LogP) is 4.85. The SMILES string of the molecule is Oc1cc(-c2ncc3c(N4CCC(O)C(F)(F)C4)nc(OC[C@@]45CCCN4C[C@H](F)C5)nc3c2F)c2ccccc2c1. The van der Waals surface area contributed by atoms with E-state index >= 15 is 4.39 Å². The number of piperidine rings is 1. The number of phenols is 1. The van der Waals surface area contributed by atoms with Crippen LogP contribution >= 0.6 is 0 Å². The molecule has 2 aromatic heterocycles. The van der Waals surface area contributed by atoms with E-state index in [4.69, 9.17) is 4.74 Å². The van der Waals surface area contributed by atoms with E-state index < -0.39 is 36.1 Å². The molecule has 3 atom stereocenters. The second-order valence-electron chi connectivity index (χ2n) is 11.6. The number of nitrogens with zero attached hydrogens (tertiary/aromatic N) is 5. The minimum absolute atomic E-state index is 0.0101. The molecule has 0 amide bonds. The van der Waals surface area contributed by atoms with E-state index in [2.05, 4.69) is 19.9 Å². The van der Waals surface area contributed by atoms with Crippen molar-refractivity contribution in [3.8, 4) is 23.0 Å². The Balaban J connectivity index is 1.35. The molecular formula is C30H29F4N5O3. The van der Waals surface area contributed by atoms with Gasteiger partial charge in [-0.15, -0.1) is 0 Å². The highest BCUT2D eigenvalue weighted by molar-refractivity contribution is 5.99. The Labute approximate surface area is 238 Å². The molecular weight excluding hydrogens is 554 g/mol. The Kier molecular flexibility index (Phi) is 6.39. The lowest BCUT2D eigenvalue weighted by atomic mass is 9.95. The first-order valence-electron chi connectivity index (χ1n) is 14.0. The van der Waals surface area contributed by atoms with Crippen LogP contribution in [0.1, 0.15) is 25.7 Å². The summed E-state index contributed by atoms with van der Waals surface area (Å²) in [5.41, 5.74) is -0.456. The van der Waals surface area contributed by atoms with Crippen LogP contribution in [0.5, 0.6) is 11.8 Å². The first kappa shape index (κ1) is 27.1. The highest BCUT2D eigenvalue weighted by atomic mass is 19.3. The number of benzene rings is 2. The summed E-state index contributed by atoms with van der Waals surface area (Å²) in [6.45, 7) is 0.357. The molecule has 12 heteroatoms. The number of ether oxygens (including phenoxy) is 1. The molecule has 5 heterocycles. The van der Waals surface area contributed by atoms with Crippen LogP contribution in [0.4, 0.5) is 23.4 Å². The number of aliphatic hydroxyl groups is 1. The van der Waals surface area contributed by atoms with Crippen LogP contribution in [0.25, 0.3) is 32.9 Å². The van der Waals surface area contributed by atoms with Gasteiger partial charge in [0.15, 0.2) is 5.82 Å². The molecule has 42 heavy (non-hydrogen) atoms. The number of anilines is 1. The molecule has 2 N–H and O–H groups in total. The minimum atomic E-state index is -3.41. The third-order valence-corrected chi connectivity index (χ3v) is 8.84. The summed E-state index contributed by atoms with van der Waals surface area (Å²) in [6, 6.07) is 9.90. The van der Waals surface area contributed by atoms with Gasteiger partial charge in [0.05, 0.1) is 17.5 Å². The highest BCUT2D eigenvalue weighted by Crippen LogP contribution is 2.42. The van der Waals surface area contributed by atoms with Gasteiger partial charge in [-0.3, -0.25) is 9.88 Å². The zero-order chi connectivity index (χ0) is 29.2. The Morgan fingerprint density at radius 3 is 2.76 bits per heavy atom. The number of aliphatic hydroxyl groups excluding tert-OH is 1. The molecule has 0 saturated carbocycles. The van der Waals surface area contributed by atoms with Crippen LogP contribution in [0.2, 0.25) is 0 Å². The van der Waals surface area contributed by atoms with Crippen molar-refractivity contribution in [1.29, 1.82) is 0 Å². The van der Waals surface area contributed by atoms with E-state index in [0.717, 1.165) is 19.4 Å². The second kappa shape index (κ2) is 9.91. The second-order valence-corrected chi connectivity index (χ2v) is 11.6. The molecule has 0 radical (unpaired) electrons. The van der Waals surface area contributed by atoms with Crippen LogP contribution in [-0.2, 0) is 0 Å². The molecule has 0 bridgehead atoms. The molecule has 220 valence electrons. The maximum absolute atomic E-state index is 16.4. The number of hydrogen-bond acceptors (Lipinski definition) is 8. The average Bonchev–Trinajstić information content (AvgIpc) is 3.48. The summed E-state index contributed by atoms with van der Waals surface area (Å²) in [5.74, 6) is -4.30. The van der Waals surface area contributed by atoms with Crippen LogP contribution in [-0.4, -0.2) is 86.6 Å². The van der Waals surface area contributed by atoms with Crippen molar-refractivity contribution in [1.82, 2.24) is 19.9 Å². The van der Waals surface area contributed by atoms with Crippen molar-refractivity contribution >= 4 is 27.5 Å². The van der Waals surface area contributed by atoms with E-state index in [1.807, 2.05) is 0 Å². The number of alkyl halides is 3. The van der Waals surface area contributed by atoms with E-state index in [1.165, 1.54) is 17.2 Å². The van der Waals surface area contributed by atoms with Crippen molar-refractivity contribution in [3.05, 3.63) is 48.4 Å². The van der Waals surface area contributed by atoms with Crippen LogP contribution < -0.4 is 9.64 Å². The summed E-state index contributed by atoms with van der Waals surface area (Å²) in [7, 11) is 0. The molecule has 3 fully saturated rings. The summed E-state index contributed by atoms with van der Waals surface area (Å²) >= 11 is 0. The molecule has 8 nitrogen and oxygen atoms in total. The molecule has 4 aromatic rings. The number of hydrogen-bond donors (Lipinski definition) is 2. The Morgan fingerprint density at radius 2 is 1.93 bits per heavy atom. The standard InChI is InChI=1S/C30H29F4N5O3/c31-18-12-29(7-3-8-39(29)14-18)16-42-28-36-26-22(27(37-28)38-9-6-23(41)30(33,34)15-38)13-35-25(24(26)32)21-11-19(40)10-17-4-1-2-5-20(17)21/h1-2,4-5,10-11,13,18,23,40-41H,3,6-9,12,14-16H2/t18-,23?,29+/m1/s1. The molecule has 3 saturated heterocycles. The number of halogens is 4. The first-order valence-corrected chi connectivity index (χ1v) is 14.0. The van der Waals surface area contributed by atoms with Crippen molar-refractivity contribution in [2.24, 2.45) is 0 Å². The maximum atomic E-state index is 16.4. The molecule has 7 rings (SSSR count). The lowest BCUT2D eigenvalue weighted by Crippen LogP contribution is -2.52. The third kappa shape index (κ3) is 4.48. The van der Waals surface area contributed by atoms with Crippen LogP contribution in [0.15, 0.2) is 42.6 Å². The number of fused-ring (bicyclic) bond motifs is 3. The number of pyridine rings is 1. The lowest BCUT2D eigenvalue weighted by molar-refractivity contribution is -0.113. The molecule has 2 aromatic carbocycles. The van der Waals surface area contributed by atoms with Crippen molar-refractivity contribution in [2.75, 3.05) is 37.7 Å². The van der Waals surface area contributed by atoms with Crippen molar-refractivity contribution in [3.63, 3.8) is 0 Å². The number of aromatic nitrogens is 3. The van der Waals surface area contributed by atoms with Gasteiger partial charge in [-0.1, -0.05) is 24.3 Å². The normalized spacial score (nSPS) is 25.8. The summed E-state index contributed by atoms with van der Waals surface area (Å²) in [6.07, 6.45) is 0.263. The van der Waals surface area contributed by atoms with Gasteiger partial charge in [-0.25, -0.2) is 17.6 Å². The fraction of sp³-hybridized carbons (Fsp3) is 0.433. The molecule has 1 unspecified atom stereocenters. The van der Waals surface area contributed by atoms with E-state index in [1.54, 1.807) is 30.3 Å². The number of phenolic OH excluding ortho intramolecular Hbond substituents is 1. The van der Waals surface area contributed by atoms with Gasteiger partial charge in [0, 0.05) is 31.3 Å². The van der Waals surface area contributed by atoms with Gasteiger partial charge in [0.25, 0.3) is 5.92 Å². The van der Waals surface area contributed by atoms with E-state index in [0.29, 0.717) is 29.3 Å². The van der Waals surface area contributed by atoms with Gasteiger partial charge in [0.1, 0.15) is 41.7 Å². The van der Waals surface area contributed by atoms with E-state index in [9.17, 15) is 23.4 Å². The summed E-state index contributed by atoms with van der Waals surface area (Å²) in [5, 5.41) is 21.6. The van der Waals surface area contributed by atoms with Crippen molar-refractivity contribution < 1.29 is 32.5 Å². The van der Waals surface area contributed by atoms with Gasteiger partial charge in [-0.2, -0.15) is 9.97 Å². The Bertz CT molecular complexity index is 1690. The monoisotopic (exact) mass is 583 g/mol. The lowest BCUT2D eigenvalue weighted by Gasteiger charge is -2.37. The van der Waals surface area contributed by atoms with Crippen molar-refractivity contribution in [2.45, 2.75) is 49.4 Å². The summed E-state index contributed by atoms with van der Waals surface area (Å²) in [4.78, 5) is 16.5. The highest BCUT2D eigenvalue weighted by Gasteiger charge is 2.49. The predicted molar refractivity (Wildman–Crippen MR) is 148 cm³/mol. The molecule has 3 aliphatic rings. The molecule has 0 aliphatic carbocycles. The van der Waals surface area contributed by atoms with Crippen LogP contribution in [0, 0.1) is 5.82 Å². The summed E-state index contributed by atoms with van der Waals surface area (Å²) < 4.78 is 66.0.